The molecule has 11 heteroatoms. The highest BCUT2D eigenvalue weighted by molar-refractivity contribution is 5.94. The van der Waals surface area contributed by atoms with E-state index < -0.39 is 54.5 Å². The molecule has 0 spiro atoms. The van der Waals surface area contributed by atoms with Crippen LogP contribution in [-0.4, -0.2) is 69.7 Å². The number of amides is 3. The second-order valence-corrected chi connectivity index (χ2v) is 8.70. The van der Waals surface area contributed by atoms with Gasteiger partial charge in [0.25, 0.3) is 0 Å². The van der Waals surface area contributed by atoms with E-state index >= 15 is 0 Å². The summed E-state index contributed by atoms with van der Waals surface area (Å²) in [6, 6.07) is 4.30. The summed E-state index contributed by atoms with van der Waals surface area (Å²) in [4.78, 5) is 51.8. The number of aliphatic hydroxyl groups is 1. The van der Waals surface area contributed by atoms with Crippen LogP contribution in [0.5, 0.6) is 0 Å². The Labute approximate surface area is 197 Å². The van der Waals surface area contributed by atoms with Crippen LogP contribution in [0.25, 0.3) is 10.9 Å². The highest BCUT2D eigenvalue weighted by Crippen LogP contribution is 2.19. The number of carboxylic acid groups (broad SMARTS) is 1. The molecule has 186 valence electrons. The van der Waals surface area contributed by atoms with Gasteiger partial charge in [0.2, 0.25) is 17.7 Å². The van der Waals surface area contributed by atoms with Crippen molar-refractivity contribution in [2.24, 2.45) is 11.7 Å². The number of hydrogen-bond donors (Lipinski definition) is 7. The minimum absolute atomic E-state index is 0.0201. The third kappa shape index (κ3) is 7.56. The van der Waals surface area contributed by atoms with Crippen molar-refractivity contribution in [1.82, 2.24) is 20.9 Å². The molecule has 0 saturated carbocycles. The number of aromatic amines is 1. The first-order chi connectivity index (χ1) is 16.0. The predicted octanol–water partition coefficient (Wildman–Crippen LogP) is -0.365. The zero-order valence-electron chi connectivity index (χ0n) is 19.5. The highest BCUT2D eigenvalue weighted by Gasteiger charge is 2.31. The molecular formula is C23H33N5O6. The van der Waals surface area contributed by atoms with E-state index in [9.17, 15) is 24.3 Å². The minimum atomic E-state index is -1.39. The van der Waals surface area contributed by atoms with E-state index in [4.69, 9.17) is 10.8 Å². The highest BCUT2D eigenvalue weighted by atomic mass is 16.4. The van der Waals surface area contributed by atoms with E-state index in [1.165, 1.54) is 6.92 Å². The average Bonchev–Trinajstić information content (AvgIpc) is 3.17. The largest absolute Gasteiger partial charge is 0.480 e. The van der Waals surface area contributed by atoms with E-state index in [1.807, 2.05) is 38.1 Å². The molecule has 0 aliphatic carbocycles. The average molecular weight is 476 g/mol. The standard InChI is InChI=1S/C23H33N5O6/c1-12(2)8-18(22(33)28-20(13(3)29)23(34)26-11-19(30)31)27-21(32)16(24)9-14-10-25-17-7-5-4-6-15(14)17/h4-7,10,12-13,16,18,20,25,29H,8-9,11,24H2,1-3H3,(H,26,34)(H,27,32)(H,28,33)(H,30,31). The summed E-state index contributed by atoms with van der Waals surface area (Å²) in [7, 11) is 0. The molecule has 0 aliphatic heterocycles. The van der Waals surface area contributed by atoms with Crippen molar-refractivity contribution in [2.75, 3.05) is 6.54 Å². The maximum absolute atomic E-state index is 12.9. The summed E-state index contributed by atoms with van der Waals surface area (Å²) in [6.45, 7) is 4.36. The van der Waals surface area contributed by atoms with Crippen molar-refractivity contribution < 1.29 is 29.4 Å². The molecule has 2 rings (SSSR count). The zero-order chi connectivity index (χ0) is 25.4. The van der Waals surface area contributed by atoms with Crippen molar-refractivity contribution in [3.05, 3.63) is 36.0 Å². The van der Waals surface area contributed by atoms with Gasteiger partial charge in [0.1, 0.15) is 18.6 Å². The molecule has 0 aliphatic rings. The summed E-state index contributed by atoms with van der Waals surface area (Å²) in [5.41, 5.74) is 7.92. The van der Waals surface area contributed by atoms with E-state index in [1.54, 1.807) is 6.20 Å². The van der Waals surface area contributed by atoms with Crippen LogP contribution in [0, 0.1) is 5.92 Å². The normalized spacial score (nSPS) is 14.8. The molecule has 1 aromatic heterocycles. The Bertz CT molecular complexity index is 1020. The Morgan fingerprint density at radius 3 is 2.32 bits per heavy atom. The number of H-pyrrole nitrogens is 1. The Kier molecular flexibility index (Phi) is 9.58. The van der Waals surface area contributed by atoms with Gasteiger partial charge in [0, 0.05) is 17.1 Å². The van der Waals surface area contributed by atoms with Crippen LogP contribution in [0.3, 0.4) is 0 Å². The molecule has 34 heavy (non-hydrogen) atoms. The fourth-order valence-electron chi connectivity index (χ4n) is 3.54. The van der Waals surface area contributed by atoms with Crippen molar-refractivity contribution >= 4 is 34.6 Å². The number of carboxylic acids is 1. The summed E-state index contributed by atoms with van der Waals surface area (Å²) >= 11 is 0. The Hall–Kier alpha value is -3.44. The number of nitrogens with one attached hydrogen (secondary N) is 4. The second kappa shape index (κ2) is 12.1. The SMILES string of the molecule is CC(C)CC(NC(=O)C(N)Cc1c[nH]c2ccccc12)C(=O)NC(C(=O)NCC(=O)O)C(C)O. The molecular weight excluding hydrogens is 442 g/mol. The maximum Gasteiger partial charge on any atom is 0.322 e. The number of rotatable bonds is 12. The number of carbonyl (C=O) groups is 4. The summed E-state index contributed by atoms with van der Waals surface area (Å²) in [5, 5.41) is 26.8. The van der Waals surface area contributed by atoms with Crippen LogP contribution in [0.15, 0.2) is 30.5 Å². The lowest BCUT2D eigenvalue weighted by atomic mass is 10.0. The molecule has 2 aromatic rings. The Balaban J connectivity index is 2.07. The quantitative estimate of drug-likeness (QED) is 0.218. The lowest BCUT2D eigenvalue weighted by molar-refractivity contribution is -0.139. The number of benzene rings is 1. The lowest BCUT2D eigenvalue weighted by Crippen LogP contribution is -2.59. The fraction of sp³-hybridized carbons (Fsp3) is 0.478. The van der Waals surface area contributed by atoms with Gasteiger partial charge in [0.15, 0.2) is 0 Å². The molecule has 0 fully saturated rings. The number of hydrogen-bond acceptors (Lipinski definition) is 6. The monoisotopic (exact) mass is 475 g/mol. The summed E-state index contributed by atoms with van der Waals surface area (Å²) in [5.74, 6) is -3.31. The predicted molar refractivity (Wildman–Crippen MR) is 126 cm³/mol. The number of aliphatic hydroxyl groups excluding tert-OH is 1. The van der Waals surface area contributed by atoms with E-state index in [0.717, 1.165) is 16.5 Å². The lowest BCUT2D eigenvalue weighted by Gasteiger charge is -2.26. The number of aliphatic carboxylic acids is 1. The van der Waals surface area contributed by atoms with Crippen LogP contribution in [0.2, 0.25) is 0 Å². The number of nitrogens with two attached hydrogens (primary N) is 1. The number of para-hydroxylation sites is 1. The fourth-order valence-corrected chi connectivity index (χ4v) is 3.54. The smallest absolute Gasteiger partial charge is 0.322 e. The zero-order valence-corrected chi connectivity index (χ0v) is 19.5. The molecule has 8 N–H and O–H groups in total. The maximum atomic E-state index is 12.9. The van der Waals surface area contributed by atoms with Gasteiger partial charge in [0.05, 0.1) is 12.1 Å². The first kappa shape index (κ1) is 26.8. The van der Waals surface area contributed by atoms with Crippen LogP contribution in [0.1, 0.15) is 32.8 Å². The van der Waals surface area contributed by atoms with E-state index in [2.05, 4.69) is 20.9 Å². The molecule has 0 radical (unpaired) electrons. The molecule has 4 atom stereocenters. The number of fused-ring (bicyclic) bond motifs is 1. The van der Waals surface area contributed by atoms with Gasteiger partial charge in [-0.2, -0.15) is 0 Å². The number of aromatic nitrogens is 1. The van der Waals surface area contributed by atoms with Crippen molar-refractivity contribution in [1.29, 1.82) is 0 Å². The van der Waals surface area contributed by atoms with Gasteiger partial charge in [-0.1, -0.05) is 32.0 Å². The number of carbonyl (C=O) groups excluding carboxylic acids is 3. The molecule has 1 aromatic carbocycles. The third-order valence-corrected chi connectivity index (χ3v) is 5.27. The van der Waals surface area contributed by atoms with Gasteiger partial charge in [-0.05, 0) is 37.3 Å². The molecule has 3 amide bonds. The third-order valence-electron chi connectivity index (χ3n) is 5.27. The van der Waals surface area contributed by atoms with E-state index in [-0.39, 0.29) is 18.8 Å². The van der Waals surface area contributed by atoms with Gasteiger partial charge in [-0.15, -0.1) is 0 Å². The topological polar surface area (TPSA) is 187 Å². The Morgan fingerprint density at radius 1 is 1.03 bits per heavy atom. The van der Waals surface area contributed by atoms with Gasteiger partial charge in [-0.3, -0.25) is 19.2 Å². The van der Waals surface area contributed by atoms with Crippen LogP contribution in [0.4, 0.5) is 0 Å². The molecule has 11 nitrogen and oxygen atoms in total. The van der Waals surface area contributed by atoms with Gasteiger partial charge >= 0.3 is 5.97 Å². The van der Waals surface area contributed by atoms with Crippen molar-refractivity contribution in [2.45, 2.75) is 57.8 Å². The van der Waals surface area contributed by atoms with Crippen LogP contribution >= 0.6 is 0 Å². The minimum Gasteiger partial charge on any atom is -0.480 e. The van der Waals surface area contributed by atoms with Crippen molar-refractivity contribution in [3.63, 3.8) is 0 Å². The van der Waals surface area contributed by atoms with Gasteiger partial charge < -0.3 is 36.9 Å². The summed E-state index contributed by atoms with van der Waals surface area (Å²) in [6.07, 6.45) is 1.01. The molecule has 0 bridgehead atoms. The Morgan fingerprint density at radius 2 is 1.71 bits per heavy atom. The van der Waals surface area contributed by atoms with Gasteiger partial charge in [-0.25, -0.2) is 0 Å². The van der Waals surface area contributed by atoms with Crippen molar-refractivity contribution in [3.8, 4) is 0 Å². The molecule has 4 unspecified atom stereocenters. The summed E-state index contributed by atoms with van der Waals surface area (Å²) < 4.78 is 0. The second-order valence-electron chi connectivity index (χ2n) is 8.70. The first-order valence-corrected chi connectivity index (χ1v) is 11.1. The first-order valence-electron chi connectivity index (χ1n) is 11.1. The van der Waals surface area contributed by atoms with E-state index in [0.29, 0.717) is 0 Å². The molecule has 1 heterocycles. The van der Waals surface area contributed by atoms with Crippen LogP contribution in [-0.2, 0) is 25.6 Å². The van der Waals surface area contributed by atoms with Crippen LogP contribution < -0.4 is 21.7 Å². The molecule has 0 saturated heterocycles.